The number of nitrogens with one attached hydrogen (secondary N) is 1. The summed E-state index contributed by atoms with van der Waals surface area (Å²) < 4.78 is 0. The topological polar surface area (TPSA) is 49.4 Å². The first-order chi connectivity index (χ1) is 13.8. The second-order valence-corrected chi connectivity index (χ2v) is 8.81. The molecule has 0 heterocycles. The highest BCUT2D eigenvalue weighted by Gasteiger charge is 2.26. The van der Waals surface area contributed by atoms with Crippen LogP contribution in [0.4, 0.5) is 0 Å². The molecule has 0 bridgehead atoms. The summed E-state index contributed by atoms with van der Waals surface area (Å²) in [6.07, 6.45) is 0.827. The number of nitrogens with zero attached hydrogens (tertiary/aromatic N) is 1. The Morgan fingerprint density at radius 1 is 1.07 bits per heavy atom. The fourth-order valence-electron chi connectivity index (χ4n) is 2.64. The minimum absolute atomic E-state index is 0.0523. The average Bonchev–Trinajstić information content (AvgIpc) is 2.70. The molecule has 29 heavy (non-hydrogen) atoms. The molecular formula is C22H26Cl2N2O2S. The van der Waals surface area contributed by atoms with Crippen molar-refractivity contribution >= 4 is 46.8 Å². The Morgan fingerprint density at radius 2 is 1.76 bits per heavy atom. The molecule has 4 nitrogen and oxygen atoms in total. The lowest BCUT2D eigenvalue weighted by Gasteiger charge is -2.29. The predicted octanol–water partition coefficient (Wildman–Crippen LogP) is 5.42. The third-order valence-corrected chi connectivity index (χ3v) is 6.07. The van der Waals surface area contributed by atoms with Gasteiger partial charge in [0, 0.05) is 27.5 Å². The highest BCUT2D eigenvalue weighted by Crippen LogP contribution is 2.22. The average molecular weight is 453 g/mol. The summed E-state index contributed by atoms with van der Waals surface area (Å²) in [5, 5.41) is 4.21. The number of rotatable bonds is 9. The van der Waals surface area contributed by atoms with Gasteiger partial charge in [0.1, 0.15) is 6.04 Å². The van der Waals surface area contributed by atoms with Gasteiger partial charge < -0.3 is 10.2 Å². The number of benzene rings is 2. The zero-order valence-corrected chi connectivity index (χ0v) is 19.2. The van der Waals surface area contributed by atoms with Crippen LogP contribution in [0.2, 0.25) is 10.0 Å². The van der Waals surface area contributed by atoms with E-state index in [0.29, 0.717) is 16.6 Å². The van der Waals surface area contributed by atoms with Crippen LogP contribution in [0.5, 0.6) is 0 Å². The quantitative estimate of drug-likeness (QED) is 0.516. The SMILES string of the molecule is CC[C@@H](C)NC(=O)[C@H](C)N(Cc1cccc(Cl)c1)C(=O)CSc1ccc(Cl)cc1. The molecule has 2 aromatic carbocycles. The molecule has 0 aromatic heterocycles. The van der Waals surface area contributed by atoms with E-state index in [0.717, 1.165) is 16.9 Å². The van der Waals surface area contributed by atoms with Crippen molar-refractivity contribution in [3.63, 3.8) is 0 Å². The molecule has 156 valence electrons. The maximum atomic E-state index is 13.0. The van der Waals surface area contributed by atoms with Gasteiger partial charge in [0.2, 0.25) is 11.8 Å². The van der Waals surface area contributed by atoms with Crippen molar-refractivity contribution in [1.29, 1.82) is 0 Å². The number of carbonyl (C=O) groups excluding carboxylic acids is 2. The van der Waals surface area contributed by atoms with Crippen molar-refractivity contribution in [3.05, 3.63) is 64.1 Å². The zero-order valence-electron chi connectivity index (χ0n) is 16.8. The molecule has 0 saturated carbocycles. The molecule has 0 fully saturated rings. The number of halogens is 2. The van der Waals surface area contributed by atoms with Gasteiger partial charge in [0.05, 0.1) is 5.75 Å². The monoisotopic (exact) mass is 452 g/mol. The summed E-state index contributed by atoms with van der Waals surface area (Å²) in [5.74, 6) is -0.0497. The van der Waals surface area contributed by atoms with Gasteiger partial charge in [-0.3, -0.25) is 9.59 Å². The van der Waals surface area contributed by atoms with Crippen molar-refractivity contribution < 1.29 is 9.59 Å². The van der Waals surface area contributed by atoms with E-state index in [1.807, 2.05) is 44.2 Å². The van der Waals surface area contributed by atoms with Crippen LogP contribution in [-0.2, 0) is 16.1 Å². The first-order valence-electron chi connectivity index (χ1n) is 9.52. The summed E-state index contributed by atoms with van der Waals surface area (Å²) in [7, 11) is 0. The van der Waals surface area contributed by atoms with Crippen LogP contribution < -0.4 is 5.32 Å². The lowest BCUT2D eigenvalue weighted by Crippen LogP contribution is -2.50. The van der Waals surface area contributed by atoms with Crippen molar-refractivity contribution in [1.82, 2.24) is 10.2 Å². The molecule has 7 heteroatoms. The maximum absolute atomic E-state index is 13.0. The van der Waals surface area contributed by atoms with Crippen molar-refractivity contribution in [2.24, 2.45) is 0 Å². The first kappa shape index (κ1) is 23.6. The van der Waals surface area contributed by atoms with Crippen LogP contribution in [0.25, 0.3) is 0 Å². The van der Waals surface area contributed by atoms with E-state index >= 15 is 0 Å². The lowest BCUT2D eigenvalue weighted by molar-refractivity contribution is -0.138. The van der Waals surface area contributed by atoms with E-state index in [2.05, 4.69) is 5.32 Å². The molecule has 2 aromatic rings. The molecule has 0 unspecified atom stereocenters. The van der Waals surface area contributed by atoms with Crippen LogP contribution in [0.15, 0.2) is 53.4 Å². The summed E-state index contributed by atoms with van der Waals surface area (Å²) in [6, 6.07) is 14.1. The number of hydrogen-bond donors (Lipinski definition) is 1. The van der Waals surface area contributed by atoms with Gasteiger partial charge in [-0.25, -0.2) is 0 Å². The Morgan fingerprint density at radius 3 is 2.38 bits per heavy atom. The van der Waals surface area contributed by atoms with Gasteiger partial charge in [-0.05, 0) is 62.2 Å². The Kier molecular flexibility index (Phi) is 9.34. The third-order valence-electron chi connectivity index (χ3n) is 4.59. The van der Waals surface area contributed by atoms with Gasteiger partial charge in [0.25, 0.3) is 0 Å². The highest BCUT2D eigenvalue weighted by molar-refractivity contribution is 8.00. The van der Waals surface area contributed by atoms with Gasteiger partial charge >= 0.3 is 0 Å². The lowest BCUT2D eigenvalue weighted by atomic mass is 10.1. The molecule has 2 rings (SSSR count). The van der Waals surface area contributed by atoms with E-state index < -0.39 is 6.04 Å². The predicted molar refractivity (Wildman–Crippen MR) is 122 cm³/mol. The largest absolute Gasteiger partial charge is 0.352 e. The van der Waals surface area contributed by atoms with Crippen molar-refractivity contribution in [3.8, 4) is 0 Å². The Bertz CT molecular complexity index is 830. The molecule has 1 N–H and O–H groups in total. The Hall–Kier alpha value is -1.69. The summed E-state index contributed by atoms with van der Waals surface area (Å²) >= 11 is 13.4. The molecule has 0 aliphatic heterocycles. The normalized spacial score (nSPS) is 12.9. The molecular weight excluding hydrogens is 427 g/mol. The van der Waals surface area contributed by atoms with Crippen molar-refractivity contribution in [2.45, 2.75) is 50.7 Å². The van der Waals surface area contributed by atoms with Crippen LogP contribution in [-0.4, -0.2) is 34.6 Å². The van der Waals surface area contributed by atoms with E-state index in [1.165, 1.54) is 11.8 Å². The van der Waals surface area contributed by atoms with E-state index in [4.69, 9.17) is 23.2 Å². The maximum Gasteiger partial charge on any atom is 0.242 e. The van der Waals surface area contributed by atoms with Crippen molar-refractivity contribution in [2.75, 3.05) is 5.75 Å². The van der Waals surface area contributed by atoms with E-state index in [1.54, 1.807) is 30.0 Å². The molecule has 2 atom stereocenters. The van der Waals surface area contributed by atoms with E-state index in [-0.39, 0.29) is 23.6 Å². The van der Waals surface area contributed by atoms with Gasteiger partial charge in [-0.1, -0.05) is 42.3 Å². The zero-order chi connectivity index (χ0) is 21.4. The summed E-state index contributed by atoms with van der Waals surface area (Å²) in [6.45, 7) is 6.03. The minimum atomic E-state index is -0.596. The molecule has 2 amide bonds. The second-order valence-electron chi connectivity index (χ2n) is 6.89. The fraction of sp³-hybridized carbons (Fsp3) is 0.364. The highest BCUT2D eigenvalue weighted by atomic mass is 35.5. The standard InChI is InChI=1S/C22H26Cl2N2O2S/c1-4-15(2)25-22(28)16(3)26(13-17-6-5-7-19(24)12-17)21(27)14-29-20-10-8-18(23)9-11-20/h5-12,15-16H,4,13-14H2,1-3H3,(H,25,28)/t15-,16+/m1/s1. The molecule has 0 spiro atoms. The smallest absolute Gasteiger partial charge is 0.242 e. The van der Waals surface area contributed by atoms with Gasteiger partial charge in [0.15, 0.2) is 0 Å². The first-order valence-corrected chi connectivity index (χ1v) is 11.3. The van der Waals surface area contributed by atoms with Gasteiger partial charge in [-0.15, -0.1) is 11.8 Å². The number of amides is 2. The fourth-order valence-corrected chi connectivity index (χ4v) is 3.76. The second kappa shape index (κ2) is 11.5. The number of thioether (sulfide) groups is 1. The molecule has 0 saturated heterocycles. The number of hydrogen-bond acceptors (Lipinski definition) is 3. The van der Waals surface area contributed by atoms with Crippen LogP contribution in [0.1, 0.15) is 32.8 Å². The molecule has 0 radical (unpaired) electrons. The summed E-state index contributed by atoms with van der Waals surface area (Å²) in [5.41, 5.74) is 0.880. The Balaban J connectivity index is 2.14. The minimum Gasteiger partial charge on any atom is -0.352 e. The van der Waals surface area contributed by atoms with Crippen LogP contribution in [0.3, 0.4) is 0 Å². The molecule has 0 aliphatic rings. The summed E-state index contributed by atoms with van der Waals surface area (Å²) in [4.78, 5) is 28.3. The van der Waals surface area contributed by atoms with Crippen LogP contribution in [0, 0.1) is 0 Å². The third kappa shape index (κ3) is 7.57. The van der Waals surface area contributed by atoms with Gasteiger partial charge in [-0.2, -0.15) is 0 Å². The van der Waals surface area contributed by atoms with E-state index in [9.17, 15) is 9.59 Å². The Labute approximate surface area is 187 Å². The molecule has 0 aliphatic carbocycles. The number of carbonyl (C=O) groups is 2. The van der Waals surface area contributed by atoms with Crippen LogP contribution >= 0.6 is 35.0 Å².